The highest BCUT2D eigenvalue weighted by atomic mass is 16.7. The van der Waals surface area contributed by atoms with E-state index in [0.717, 1.165) is 38.5 Å². The van der Waals surface area contributed by atoms with Crippen molar-refractivity contribution in [1.29, 1.82) is 0 Å². The van der Waals surface area contributed by atoms with Gasteiger partial charge in [0.2, 0.25) is 0 Å². The molecule has 0 bridgehead atoms. The van der Waals surface area contributed by atoms with Gasteiger partial charge in [-0.3, -0.25) is 9.59 Å². The van der Waals surface area contributed by atoms with Gasteiger partial charge >= 0.3 is 11.9 Å². The maximum atomic E-state index is 13.0. The highest BCUT2D eigenvalue weighted by molar-refractivity contribution is 5.70. The molecular formula is C50H94O15. The van der Waals surface area contributed by atoms with Crippen LogP contribution in [0.3, 0.4) is 0 Å². The number of ether oxygens (including phenoxy) is 6. The van der Waals surface area contributed by atoms with Gasteiger partial charge in [0.05, 0.1) is 19.8 Å². The lowest BCUT2D eigenvalue weighted by molar-refractivity contribution is -0.332. The monoisotopic (exact) mass is 935 g/mol. The Bertz CT molecular complexity index is 1150. The highest BCUT2D eigenvalue weighted by Gasteiger charge is 2.47. The molecule has 0 amide bonds. The van der Waals surface area contributed by atoms with Crippen molar-refractivity contribution in [1.82, 2.24) is 0 Å². The third-order valence-corrected chi connectivity index (χ3v) is 12.8. The number of rotatable bonds is 41. The largest absolute Gasteiger partial charge is 0.462 e. The zero-order valence-corrected chi connectivity index (χ0v) is 40.5. The van der Waals surface area contributed by atoms with Crippen LogP contribution < -0.4 is 0 Å². The van der Waals surface area contributed by atoms with Crippen molar-refractivity contribution in [3.05, 3.63) is 0 Å². The summed E-state index contributed by atoms with van der Waals surface area (Å²) in [6.07, 6.45) is 18.5. The first-order valence-electron chi connectivity index (χ1n) is 26.1. The highest BCUT2D eigenvalue weighted by Crippen LogP contribution is 2.27. The molecule has 11 atom stereocenters. The standard InChI is InChI=1S/C50H94O15/c1-3-5-7-9-11-13-15-17-18-19-20-21-23-24-26-28-30-32-41(52)60-35-38(63-42(53)33-31-29-27-25-22-16-14-12-10-8-6-4-2)36-61-49-48(59)46(57)44(55)40(65-49)37-62-50-47(58)45(56)43(54)39(34-51)64-50/h38-40,43-51,54-59H,3-37H2,1-2H3/t38-,39+,40+,43-,44-,45?,46?,47?,48?,49+,50+/m0/s1. The van der Waals surface area contributed by atoms with E-state index >= 15 is 0 Å². The summed E-state index contributed by atoms with van der Waals surface area (Å²) in [5.74, 6) is -0.910. The second kappa shape index (κ2) is 38.4. The normalized spacial score (nSPS) is 26.3. The van der Waals surface area contributed by atoms with Gasteiger partial charge in [-0.1, -0.05) is 187 Å². The second-order valence-corrected chi connectivity index (χ2v) is 18.7. The van der Waals surface area contributed by atoms with Crippen LogP contribution in [-0.4, -0.2) is 142 Å². The minimum absolute atomic E-state index is 0.173. The van der Waals surface area contributed by atoms with Crippen LogP contribution in [0.4, 0.5) is 0 Å². The molecule has 0 radical (unpaired) electrons. The van der Waals surface area contributed by atoms with Gasteiger partial charge in [-0.2, -0.15) is 0 Å². The van der Waals surface area contributed by atoms with Crippen LogP contribution in [0.2, 0.25) is 0 Å². The zero-order valence-electron chi connectivity index (χ0n) is 40.5. The molecule has 4 unspecified atom stereocenters. The first-order valence-corrected chi connectivity index (χ1v) is 26.1. The predicted molar refractivity (Wildman–Crippen MR) is 248 cm³/mol. The molecule has 65 heavy (non-hydrogen) atoms. The summed E-state index contributed by atoms with van der Waals surface area (Å²) in [6.45, 7) is 2.62. The lowest BCUT2D eigenvalue weighted by Gasteiger charge is -2.42. The van der Waals surface area contributed by atoms with Crippen molar-refractivity contribution in [2.24, 2.45) is 0 Å². The van der Waals surface area contributed by atoms with Crippen molar-refractivity contribution >= 4 is 11.9 Å². The average molecular weight is 935 g/mol. The molecule has 2 fully saturated rings. The molecule has 0 spiro atoms. The van der Waals surface area contributed by atoms with Crippen molar-refractivity contribution in [2.45, 2.75) is 280 Å². The molecule has 0 aromatic rings. The number of aliphatic hydroxyl groups excluding tert-OH is 7. The summed E-state index contributed by atoms with van der Waals surface area (Å²) in [6, 6.07) is 0. The SMILES string of the molecule is CCCCCCCCCCCCCCCCCCCC(=O)OC[C@@H](CO[C@@H]1O[C@H](CO[C@@H]2O[C@H](CO)[C@H](O)C(O)C2O)[C@H](O)C(O)C1O)OC(=O)CCCCCCCCCCCCCC. The van der Waals surface area contributed by atoms with E-state index in [1.807, 2.05) is 0 Å². The average Bonchev–Trinajstić information content (AvgIpc) is 3.30. The van der Waals surface area contributed by atoms with Gasteiger partial charge in [0, 0.05) is 12.8 Å². The van der Waals surface area contributed by atoms with Gasteiger partial charge in [-0.25, -0.2) is 0 Å². The summed E-state index contributed by atoms with van der Waals surface area (Å²) in [5, 5.41) is 72.0. The van der Waals surface area contributed by atoms with E-state index in [4.69, 9.17) is 28.4 Å². The van der Waals surface area contributed by atoms with E-state index in [1.165, 1.54) is 135 Å². The Morgan fingerprint density at radius 1 is 0.431 bits per heavy atom. The molecule has 15 nitrogen and oxygen atoms in total. The molecule has 2 aliphatic heterocycles. The Labute approximate surface area is 391 Å². The smallest absolute Gasteiger partial charge is 0.306 e. The fourth-order valence-electron chi connectivity index (χ4n) is 8.51. The van der Waals surface area contributed by atoms with Crippen molar-refractivity contribution < 1.29 is 73.8 Å². The number of carbonyl (C=O) groups is 2. The number of hydrogen-bond donors (Lipinski definition) is 7. The van der Waals surface area contributed by atoms with Crippen LogP contribution >= 0.6 is 0 Å². The van der Waals surface area contributed by atoms with E-state index in [0.29, 0.717) is 12.8 Å². The number of hydrogen-bond acceptors (Lipinski definition) is 15. The molecule has 7 N–H and O–H groups in total. The van der Waals surface area contributed by atoms with Crippen LogP contribution in [0.5, 0.6) is 0 Å². The van der Waals surface area contributed by atoms with Gasteiger partial charge in [-0.15, -0.1) is 0 Å². The fraction of sp³-hybridized carbons (Fsp3) is 0.960. The van der Waals surface area contributed by atoms with Gasteiger partial charge < -0.3 is 64.2 Å². The maximum Gasteiger partial charge on any atom is 0.306 e. The summed E-state index contributed by atoms with van der Waals surface area (Å²) in [4.78, 5) is 25.7. The second-order valence-electron chi connectivity index (χ2n) is 18.7. The summed E-state index contributed by atoms with van der Waals surface area (Å²) >= 11 is 0. The molecule has 0 aliphatic carbocycles. The minimum Gasteiger partial charge on any atom is -0.462 e. The minimum atomic E-state index is -1.76. The molecule has 2 rings (SSSR count). The Balaban J connectivity index is 1.78. The van der Waals surface area contributed by atoms with Crippen LogP contribution in [-0.2, 0) is 38.0 Å². The Morgan fingerprint density at radius 2 is 0.785 bits per heavy atom. The van der Waals surface area contributed by atoms with Gasteiger partial charge in [0.25, 0.3) is 0 Å². The van der Waals surface area contributed by atoms with Crippen molar-refractivity contribution in [3.8, 4) is 0 Å². The van der Waals surface area contributed by atoms with Crippen LogP contribution in [0.15, 0.2) is 0 Å². The third kappa shape index (κ3) is 26.7. The molecule has 2 heterocycles. The zero-order chi connectivity index (χ0) is 47.5. The Hall–Kier alpha value is -1.50. The van der Waals surface area contributed by atoms with E-state index in [9.17, 15) is 45.3 Å². The molecule has 384 valence electrons. The lowest BCUT2D eigenvalue weighted by atomic mass is 9.98. The number of aliphatic hydroxyl groups is 7. The van der Waals surface area contributed by atoms with Gasteiger partial charge in [0.1, 0.15) is 55.4 Å². The van der Waals surface area contributed by atoms with Gasteiger partial charge in [0.15, 0.2) is 18.7 Å². The molecule has 15 heteroatoms. The van der Waals surface area contributed by atoms with E-state index in [1.54, 1.807) is 0 Å². The van der Waals surface area contributed by atoms with E-state index < -0.39 is 92.7 Å². The maximum absolute atomic E-state index is 13.0. The van der Waals surface area contributed by atoms with Gasteiger partial charge in [-0.05, 0) is 12.8 Å². The van der Waals surface area contributed by atoms with Crippen LogP contribution in [0.1, 0.15) is 213 Å². The van der Waals surface area contributed by atoms with Crippen LogP contribution in [0, 0.1) is 0 Å². The van der Waals surface area contributed by atoms with E-state index in [2.05, 4.69) is 13.8 Å². The summed E-state index contributed by atoms with van der Waals surface area (Å²) in [7, 11) is 0. The number of carbonyl (C=O) groups excluding carboxylic acids is 2. The molecule has 0 aromatic carbocycles. The molecule has 2 aliphatic rings. The molecular weight excluding hydrogens is 841 g/mol. The number of unbranched alkanes of at least 4 members (excludes halogenated alkanes) is 27. The molecule has 0 saturated carbocycles. The lowest BCUT2D eigenvalue weighted by Crippen LogP contribution is -2.61. The molecule has 0 aromatic heterocycles. The van der Waals surface area contributed by atoms with Crippen molar-refractivity contribution in [2.75, 3.05) is 26.4 Å². The molecule has 2 saturated heterocycles. The quantitative estimate of drug-likeness (QED) is 0.0237. The fourth-order valence-corrected chi connectivity index (χ4v) is 8.51. The predicted octanol–water partition coefficient (Wildman–Crippen LogP) is 7.22. The topological polar surface area (TPSA) is 231 Å². The van der Waals surface area contributed by atoms with Crippen LogP contribution in [0.25, 0.3) is 0 Å². The van der Waals surface area contributed by atoms with Crippen molar-refractivity contribution in [3.63, 3.8) is 0 Å². The summed E-state index contributed by atoms with van der Waals surface area (Å²) in [5.41, 5.74) is 0. The van der Waals surface area contributed by atoms with E-state index in [-0.39, 0.29) is 26.1 Å². The first-order chi connectivity index (χ1) is 31.5. The Morgan fingerprint density at radius 3 is 1.20 bits per heavy atom. The Kier molecular flexibility index (Phi) is 35.2. The first kappa shape index (κ1) is 59.6. The summed E-state index contributed by atoms with van der Waals surface area (Å²) < 4.78 is 33.6. The number of esters is 2. The third-order valence-electron chi connectivity index (χ3n) is 12.8.